The molecule has 5 atom stereocenters. The Hall–Kier alpha value is -3.19. The normalized spacial score (nSPS) is 26.0. The molecule has 3 aromatic rings. The van der Waals surface area contributed by atoms with Gasteiger partial charge < -0.3 is 25.0 Å². The average molecular weight is 658 g/mol. The number of fused-ring (bicyclic) bond motifs is 2. The maximum absolute atomic E-state index is 13.5. The summed E-state index contributed by atoms with van der Waals surface area (Å²) in [4.78, 5) is 19.3. The van der Waals surface area contributed by atoms with E-state index in [1.165, 1.54) is 11.3 Å². The van der Waals surface area contributed by atoms with Gasteiger partial charge in [0.1, 0.15) is 0 Å². The molecule has 5 rings (SSSR count). The van der Waals surface area contributed by atoms with Crippen LogP contribution < -0.4 is 19.5 Å². The first-order valence-corrected chi connectivity index (χ1v) is 17.5. The van der Waals surface area contributed by atoms with Crippen molar-refractivity contribution in [2.24, 2.45) is 16.7 Å². The molecular formula is C33H43N3O7S2. The van der Waals surface area contributed by atoms with Gasteiger partial charge in [0.2, 0.25) is 5.91 Å². The van der Waals surface area contributed by atoms with Crippen LogP contribution in [0, 0.1) is 23.7 Å². The van der Waals surface area contributed by atoms with Crippen LogP contribution in [0.1, 0.15) is 60.7 Å². The molecule has 0 bridgehead atoms. The Morgan fingerprint density at radius 2 is 1.82 bits per heavy atom. The second-order valence-corrected chi connectivity index (χ2v) is 15.5. The van der Waals surface area contributed by atoms with Crippen molar-refractivity contribution in [2.75, 3.05) is 32.1 Å². The van der Waals surface area contributed by atoms with Crippen LogP contribution in [0.15, 0.2) is 47.4 Å². The fourth-order valence-corrected chi connectivity index (χ4v) is 9.52. The average Bonchev–Trinajstić information content (AvgIpc) is 3.41. The van der Waals surface area contributed by atoms with Gasteiger partial charge in [0.25, 0.3) is 10.0 Å². The number of aryl methyl sites for hydroxylation is 1. The molecule has 244 valence electrons. The summed E-state index contributed by atoms with van der Waals surface area (Å²) in [5, 5.41) is 24.9. The lowest BCUT2D eigenvalue weighted by molar-refractivity contribution is -0.144. The van der Waals surface area contributed by atoms with E-state index in [0.29, 0.717) is 49.4 Å². The van der Waals surface area contributed by atoms with E-state index in [9.17, 15) is 23.4 Å². The summed E-state index contributed by atoms with van der Waals surface area (Å²) in [6.45, 7) is 6.15. The monoisotopic (exact) mass is 657 g/mol. The Morgan fingerprint density at radius 1 is 1.11 bits per heavy atom. The SMILES string of the molecule is COc1ccc(CCNC(=O)CC2c3nc(NS(=O)(=O)c4ccc(C)cc4)sc3CC3C(C)(CO)C(O)CCC23C)cc1OC. The minimum Gasteiger partial charge on any atom is -0.493 e. The molecule has 10 nitrogen and oxygen atoms in total. The Labute approximate surface area is 269 Å². The Balaban J connectivity index is 1.40. The van der Waals surface area contributed by atoms with Crippen molar-refractivity contribution in [1.82, 2.24) is 10.3 Å². The van der Waals surface area contributed by atoms with Gasteiger partial charge in [0.15, 0.2) is 16.6 Å². The third-order valence-corrected chi connectivity index (χ3v) is 12.5. The van der Waals surface area contributed by atoms with Crippen LogP contribution in [0.4, 0.5) is 5.13 Å². The van der Waals surface area contributed by atoms with Crippen LogP contribution >= 0.6 is 11.3 Å². The number of sulfonamides is 1. The molecule has 0 saturated heterocycles. The summed E-state index contributed by atoms with van der Waals surface area (Å²) in [5.74, 6) is 0.647. The zero-order chi connectivity index (χ0) is 32.6. The number of aliphatic hydroxyl groups is 2. The standard InChI is InChI=1S/C33H43N3O7S2/c1-20-6-9-22(10-7-20)45(40,41)36-31-35-30-23(17-29(39)34-15-13-21-8-11-24(42-4)25(16-21)43-5)32(2)14-12-28(38)33(3,19-37)27(32)18-26(30)44-31/h6-11,16,23,27-28,37-38H,12-15,17-19H2,1-5H3,(H,34,39)(H,35,36). The molecule has 1 amide bonds. The molecule has 2 aliphatic rings. The number of methoxy groups -OCH3 is 2. The van der Waals surface area contributed by atoms with E-state index in [-0.39, 0.29) is 40.8 Å². The van der Waals surface area contributed by atoms with Crippen LogP contribution in [-0.2, 0) is 27.7 Å². The molecule has 5 unspecified atom stereocenters. The van der Waals surface area contributed by atoms with Crippen molar-refractivity contribution < 1.29 is 32.9 Å². The lowest BCUT2D eigenvalue weighted by Crippen LogP contribution is -2.57. The van der Waals surface area contributed by atoms with E-state index in [1.807, 2.05) is 32.0 Å². The van der Waals surface area contributed by atoms with Gasteiger partial charge in [-0.2, -0.15) is 0 Å². The van der Waals surface area contributed by atoms with Crippen LogP contribution in [0.25, 0.3) is 0 Å². The summed E-state index contributed by atoms with van der Waals surface area (Å²) in [5.41, 5.74) is 1.43. The molecule has 1 saturated carbocycles. The number of anilines is 1. The van der Waals surface area contributed by atoms with Gasteiger partial charge in [0.05, 0.1) is 37.5 Å². The maximum atomic E-state index is 13.5. The number of aromatic nitrogens is 1. The predicted molar refractivity (Wildman–Crippen MR) is 173 cm³/mol. The van der Waals surface area contributed by atoms with Gasteiger partial charge in [-0.25, -0.2) is 13.4 Å². The zero-order valence-corrected chi connectivity index (χ0v) is 28.1. The summed E-state index contributed by atoms with van der Waals surface area (Å²) in [6.07, 6.45) is 1.73. The highest BCUT2D eigenvalue weighted by Gasteiger charge is 2.59. The first kappa shape index (κ1) is 33.2. The fourth-order valence-electron chi connectivity index (χ4n) is 7.22. The lowest BCUT2D eigenvalue weighted by atomic mass is 9.47. The molecule has 4 N–H and O–H groups in total. The first-order valence-electron chi connectivity index (χ1n) is 15.2. The number of benzene rings is 2. The van der Waals surface area contributed by atoms with Gasteiger partial charge in [-0.3, -0.25) is 9.52 Å². The molecule has 0 radical (unpaired) electrons. The molecule has 1 fully saturated rings. The number of rotatable bonds is 11. The second kappa shape index (κ2) is 12.9. The highest BCUT2D eigenvalue weighted by Crippen LogP contribution is 2.62. The zero-order valence-electron chi connectivity index (χ0n) is 26.4. The van der Waals surface area contributed by atoms with Gasteiger partial charge in [-0.15, -0.1) is 11.3 Å². The number of hydrogen-bond acceptors (Lipinski definition) is 9. The largest absolute Gasteiger partial charge is 0.493 e. The predicted octanol–water partition coefficient (Wildman–Crippen LogP) is 4.43. The summed E-state index contributed by atoms with van der Waals surface area (Å²) >= 11 is 1.26. The highest BCUT2D eigenvalue weighted by molar-refractivity contribution is 7.93. The van der Waals surface area contributed by atoms with E-state index in [4.69, 9.17) is 14.5 Å². The molecule has 1 aromatic heterocycles. The number of carbonyl (C=O) groups is 1. The van der Waals surface area contributed by atoms with Gasteiger partial charge in [0, 0.05) is 29.2 Å². The van der Waals surface area contributed by atoms with Gasteiger partial charge in [-0.1, -0.05) is 37.6 Å². The number of aliphatic hydroxyl groups excluding tert-OH is 2. The summed E-state index contributed by atoms with van der Waals surface area (Å²) in [6, 6.07) is 12.3. The van der Waals surface area contributed by atoms with E-state index >= 15 is 0 Å². The van der Waals surface area contributed by atoms with Crippen molar-refractivity contribution in [3.63, 3.8) is 0 Å². The molecule has 1 heterocycles. The van der Waals surface area contributed by atoms with Crippen molar-refractivity contribution in [3.05, 3.63) is 64.2 Å². The quantitative estimate of drug-likeness (QED) is 0.237. The summed E-state index contributed by atoms with van der Waals surface area (Å²) < 4.78 is 39.8. The first-order chi connectivity index (χ1) is 21.3. The molecule has 0 aliphatic heterocycles. The van der Waals surface area contributed by atoms with Crippen molar-refractivity contribution in [2.45, 2.75) is 69.8 Å². The molecule has 0 spiro atoms. The number of nitrogens with one attached hydrogen (secondary N) is 2. The minimum atomic E-state index is -3.87. The fraction of sp³-hybridized carbons (Fsp3) is 0.515. The van der Waals surface area contributed by atoms with E-state index in [1.54, 1.807) is 38.5 Å². The topological polar surface area (TPSA) is 147 Å². The van der Waals surface area contributed by atoms with Crippen molar-refractivity contribution >= 4 is 32.4 Å². The van der Waals surface area contributed by atoms with Crippen molar-refractivity contribution in [1.29, 1.82) is 0 Å². The smallest absolute Gasteiger partial charge is 0.263 e. The van der Waals surface area contributed by atoms with Gasteiger partial charge in [-0.05, 0) is 73.8 Å². The number of ether oxygens (including phenoxy) is 2. The molecule has 45 heavy (non-hydrogen) atoms. The molecule has 12 heteroatoms. The number of carbonyl (C=O) groups excluding carboxylic acids is 1. The third-order valence-electron chi connectivity index (χ3n) is 10.0. The second-order valence-electron chi connectivity index (χ2n) is 12.8. The van der Waals surface area contributed by atoms with E-state index in [0.717, 1.165) is 16.0 Å². The third kappa shape index (κ3) is 6.43. The van der Waals surface area contributed by atoms with E-state index in [2.05, 4.69) is 17.0 Å². The number of amides is 1. The number of hydrogen-bond donors (Lipinski definition) is 4. The van der Waals surface area contributed by atoms with Crippen molar-refractivity contribution in [3.8, 4) is 11.5 Å². The maximum Gasteiger partial charge on any atom is 0.263 e. The highest BCUT2D eigenvalue weighted by atomic mass is 32.2. The van der Waals surface area contributed by atoms with Crippen LogP contribution in [0.5, 0.6) is 11.5 Å². The molecule has 2 aromatic carbocycles. The molecular weight excluding hydrogens is 615 g/mol. The Bertz CT molecular complexity index is 1640. The van der Waals surface area contributed by atoms with Gasteiger partial charge >= 0.3 is 0 Å². The summed E-state index contributed by atoms with van der Waals surface area (Å²) in [7, 11) is -0.708. The van der Waals surface area contributed by atoms with E-state index < -0.39 is 27.0 Å². The van der Waals surface area contributed by atoms with Crippen LogP contribution in [0.2, 0.25) is 0 Å². The number of thiazole rings is 1. The Kier molecular flexibility index (Phi) is 9.51. The van der Waals surface area contributed by atoms with Crippen LogP contribution in [0.3, 0.4) is 0 Å². The molecule has 2 aliphatic carbocycles. The Morgan fingerprint density at radius 3 is 2.49 bits per heavy atom. The minimum absolute atomic E-state index is 0.139. The lowest BCUT2D eigenvalue weighted by Gasteiger charge is -2.58. The number of nitrogens with zero attached hydrogens (tertiary/aromatic N) is 1. The van der Waals surface area contributed by atoms with Crippen LogP contribution in [-0.4, -0.2) is 63.0 Å².